The van der Waals surface area contributed by atoms with Crippen LogP contribution >= 0.6 is 0 Å². The number of benzene rings is 1. The molecule has 0 aliphatic carbocycles. The standard InChI is InChI=1S/C22H16N4O4/c1-12-9-13(6-7-23)4-5-16(12)26-21-18(22(28)29)19(27)17(30-21)10-14-11-25-20-15(14)3-2-8-24-20/h2-5,8-11,26H,6H2,1H3,(H,24,25)(H,28,29)/b17-10-. The third-order valence-corrected chi connectivity index (χ3v) is 4.70. The fourth-order valence-electron chi connectivity index (χ4n) is 3.24. The van der Waals surface area contributed by atoms with Crippen LogP contribution in [0.1, 0.15) is 16.7 Å². The molecule has 1 aromatic carbocycles. The van der Waals surface area contributed by atoms with Crippen molar-refractivity contribution in [2.45, 2.75) is 13.3 Å². The summed E-state index contributed by atoms with van der Waals surface area (Å²) in [7, 11) is 0. The molecular weight excluding hydrogens is 384 g/mol. The summed E-state index contributed by atoms with van der Waals surface area (Å²) in [6.07, 6.45) is 5.07. The van der Waals surface area contributed by atoms with E-state index in [4.69, 9.17) is 10.00 Å². The van der Waals surface area contributed by atoms with Crippen molar-refractivity contribution in [2.75, 3.05) is 5.32 Å². The van der Waals surface area contributed by atoms with E-state index >= 15 is 0 Å². The highest BCUT2D eigenvalue weighted by Crippen LogP contribution is 2.30. The second-order valence-corrected chi connectivity index (χ2v) is 6.70. The fraction of sp³-hybridized carbons (Fsp3) is 0.0909. The molecule has 0 atom stereocenters. The van der Waals surface area contributed by atoms with Gasteiger partial charge in [-0.2, -0.15) is 5.26 Å². The number of nitrogens with one attached hydrogen (secondary N) is 2. The molecule has 0 saturated heterocycles. The highest BCUT2D eigenvalue weighted by molar-refractivity contribution is 6.26. The number of Topliss-reactive ketones (excluding diaryl/α,β-unsaturated/α-hetero) is 1. The zero-order chi connectivity index (χ0) is 21.3. The van der Waals surface area contributed by atoms with E-state index in [0.29, 0.717) is 16.9 Å². The van der Waals surface area contributed by atoms with Crippen molar-refractivity contribution in [3.63, 3.8) is 0 Å². The van der Waals surface area contributed by atoms with E-state index in [-0.39, 0.29) is 18.1 Å². The molecule has 0 radical (unpaired) electrons. The molecule has 3 aromatic rings. The molecule has 2 aromatic heterocycles. The molecule has 148 valence electrons. The number of aryl methyl sites for hydroxylation is 1. The number of pyridine rings is 1. The normalized spacial score (nSPS) is 14.8. The Hall–Kier alpha value is -4.38. The van der Waals surface area contributed by atoms with Gasteiger partial charge in [-0.05, 0) is 42.3 Å². The minimum absolute atomic E-state index is 0.0987. The van der Waals surface area contributed by atoms with Gasteiger partial charge in [0.15, 0.2) is 11.3 Å². The van der Waals surface area contributed by atoms with E-state index in [1.54, 1.807) is 30.6 Å². The van der Waals surface area contributed by atoms with Crippen LogP contribution in [-0.2, 0) is 20.7 Å². The number of aromatic nitrogens is 2. The highest BCUT2D eigenvalue weighted by Gasteiger charge is 2.36. The summed E-state index contributed by atoms with van der Waals surface area (Å²) in [4.78, 5) is 31.6. The number of ketones is 1. The number of rotatable bonds is 5. The van der Waals surface area contributed by atoms with Crippen LogP contribution in [0.25, 0.3) is 17.1 Å². The lowest BCUT2D eigenvalue weighted by Crippen LogP contribution is -2.12. The first-order chi connectivity index (χ1) is 14.5. The molecular formula is C22H16N4O4. The first kappa shape index (κ1) is 19.0. The van der Waals surface area contributed by atoms with Crippen LogP contribution in [0.5, 0.6) is 0 Å². The molecule has 0 bridgehead atoms. The molecule has 1 aliphatic rings. The van der Waals surface area contributed by atoms with E-state index in [0.717, 1.165) is 16.5 Å². The van der Waals surface area contributed by atoms with Crippen molar-refractivity contribution in [3.05, 3.63) is 76.6 Å². The van der Waals surface area contributed by atoms with Gasteiger partial charge < -0.3 is 20.1 Å². The number of aliphatic carboxylic acids is 1. The van der Waals surface area contributed by atoms with E-state index < -0.39 is 17.3 Å². The van der Waals surface area contributed by atoms with Gasteiger partial charge in [-0.3, -0.25) is 4.79 Å². The Morgan fingerprint density at radius 1 is 1.40 bits per heavy atom. The number of ether oxygens (including phenoxy) is 1. The highest BCUT2D eigenvalue weighted by atomic mass is 16.5. The van der Waals surface area contributed by atoms with Crippen molar-refractivity contribution >= 4 is 34.5 Å². The summed E-state index contributed by atoms with van der Waals surface area (Å²) in [5, 5.41) is 22.1. The number of hydrogen-bond donors (Lipinski definition) is 3. The summed E-state index contributed by atoms with van der Waals surface area (Å²) < 4.78 is 5.62. The zero-order valence-corrected chi connectivity index (χ0v) is 15.9. The van der Waals surface area contributed by atoms with E-state index in [1.165, 1.54) is 6.08 Å². The van der Waals surface area contributed by atoms with Gasteiger partial charge in [0.25, 0.3) is 0 Å². The number of allylic oxidation sites excluding steroid dienone is 1. The number of carbonyl (C=O) groups excluding carboxylic acids is 1. The topological polar surface area (TPSA) is 128 Å². The molecule has 8 heteroatoms. The number of fused-ring (bicyclic) bond motifs is 1. The lowest BCUT2D eigenvalue weighted by Gasteiger charge is -2.11. The minimum atomic E-state index is -1.38. The number of carbonyl (C=O) groups is 2. The predicted octanol–water partition coefficient (Wildman–Crippen LogP) is 3.29. The molecule has 4 rings (SSSR count). The number of carboxylic acid groups (broad SMARTS) is 1. The molecule has 8 nitrogen and oxygen atoms in total. The van der Waals surface area contributed by atoms with Gasteiger partial charge in [0.1, 0.15) is 5.65 Å². The molecule has 0 spiro atoms. The Labute approximate surface area is 171 Å². The third-order valence-electron chi connectivity index (χ3n) is 4.70. The zero-order valence-electron chi connectivity index (χ0n) is 15.9. The number of nitrogens with zero attached hydrogens (tertiary/aromatic N) is 2. The molecule has 0 fully saturated rings. The Bertz CT molecular complexity index is 1290. The van der Waals surface area contributed by atoms with Gasteiger partial charge in [-0.15, -0.1) is 0 Å². The molecule has 3 heterocycles. The van der Waals surface area contributed by atoms with Crippen LogP contribution in [0, 0.1) is 18.3 Å². The van der Waals surface area contributed by atoms with E-state index in [1.807, 2.05) is 19.1 Å². The van der Waals surface area contributed by atoms with Gasteiger partial charge in [0.2, 0.25) is 11.7 Å². The van der Waals surface area contributed by atoms with Crippen molar-refractivity contribution in [3.8, 4) is 6.07 Å². The van der Waals surface area contributed by atoms with Crippen molar-refractivity contribution in [1.82, 2.24) is 9.97 Å². The lowest BCUT2D eigenvalue weighted by atomic mass is 10.1. The number of aromatic amines is 1. The number of hydrogen-bond acceptors (Lipinski definition) is 6. The van der Waals surface area contributed by atoms with Crippen LogP contribution in [0.15, 0.2) is 59.9 Å². The number of nitriles is 1. The van der Waals surface area contributed by atoms with Crippen LogP contribution in [-0.4, -0.2) is 26.8 Å². The quantitative estimate of drug-likeness (QED) is 0.443. The molecule has 30 heavy (non-hydrogen) atoms. The second kappa shape index (κ2) is 7.56. The smallest absolute Gasteiger partial charge is 0.345 e. The summed E-state index contributed by atoms with van der Waals surface area (Å²) in [5.41, 5.74) is 3.04. The van der Waals surface area contributed by atoms with Crippen LogP contribution in [0.3, 0.4) is 0 Å². The van der Waals surface area contributed by atoms with Gasteiger partial charge in [0, 0.05) is 29.0 Å². The van der Waals surface area contributed by atoms with Crippen LogP contribution < -0.4 is 5.32 Å². The summed E-state index contributed by atoms with van der Waals surface area (Å²) in [5.74, 6) is -2.35. The number of H-pyrrole nitrogens is 1. The first-order valence-electron chi connectivity index (χ1n) is 9.05. The molecule has 0 unspecified atom stereocenters. The maximum atomic E-state index is 12.7. The van der Waals surface area contributed by atoms with Gasteiger partial charge in [-0.1, -0.05) is 12.1 Å². The number of carboxylic acids is 1. The fourth-order valence-corrected chi connectivity index (χ4v) is 3.24. The monoisotopic (exact) mass is 400 g/mol. The Morgan fingerprint density at radius 3 is 2.97 bits per heavy atom. The van der Waals surface area contributed by atoms with Gasteiger partial charge in [-0.25, -0.2) is 9.78 Å². The first-order valence-corrected chi connectivity index (χ1v) is 9.05. The van der Waals surface area contributed by atoms with Crippen molar-refractivity contribution in [1.29, 1.82) is 5.26 Å². The second-order valence-electron chi connectivity index (χ2n) is 6.70. The maximum Gasteiger partial charge on any atom is 0.345 e. The summed E-state index contributed by atoms with van der Waals surface area (Å²) in [6.45, 7) is 1.82. The molecule has 0 amide bonds. The van der Waals surface area contributed by atoms with Crippen molar-refractivity contribution in [2.24, 2.45) is 0 Å². The Kier molecular flexibility index (Phi) is 4.78. The summed E-state index contributed by atoms with van der Waals surface area (Å²) in [6, 6.07) is 11.0. The molecule has 0 saturated carbocycles. The Balaban J connectivity index is 1.67. The minimum Gasteiger partial charge on any atom is -0.477 e. The molecule has 1 aliphatic heterocycles. The predicted molar refractivity (Wildman–Crippen MR) is 109 cm³/mol. The van der Waals surface area contributed by atoms with Crippen molar-refractivity contribution < 1.29 is 19.4 Å². The SMILES string of the molecule is Cc1cc(CC#N)ccc1NC1=C(C(=O)O)C(=O)/C(=C/c2c[nH]c3ncccc23)O1. The summed E-state index contributed by atoms with van der Waals surface area (Å²) >= 11 is 0. The van der Waals surface area contributed by atoms with Crippen LogP contribution in [0.4, 0.5) is 5.69 Å². The average Bonchev–Trinajstić information content (AvgIpc) is 3.26. The lowest BCUT2D eigenvalue weighted by molar-refractivity contribution is -0.134. The largest absolute Gasteiger partial charge is 0.477 e. The number of anilines is 1. The third kappa shape index (κ3) is 3.40. The average molecular weight is 400 g/mol. The maximum absolute atomic E-state index is 12.7. The van der Waals surface area contributed by atoms with Gasteiger partial charge in [0.05, 0.1) is 12.5 Å². The Morgan fingerprint density at radius 2 is 2.23 bits per heavy atom. The van der Waals surface area contributed by atoms with E-state index in [9.17, 15) is 14.7 Å². The molecule has 3 N–H and O–H groups in total. The van der Waals surface area contributed by atoms with Crippen LogP contribution in [0.2, 0.25) is 0 Å². The van der Waals surface area contributed by atoms with Gasteiger partial charge >= 0.3 is 5.97 Å². The van der Waals surface area contributed by atoms with E-state index in [2.05, 4.69) is 21.4 Å².